The molecule has 0 aliphatic rings. The van der Waals surface area contributed by atoms with Gasteiger partial charge < -0.3 is 14.4 Å². The fourth-order valence-corrected chi connectivity index (χ4v) is 3.75. The number of para-hydroxylation sites is 1. The van der Waals surface area contributed by atoms with Crippen LogP contribution in [0.4, 0.5) is 0 Å². The Morgan fingerprint density at radius 2 is 1.31 bits per heavy atom. The molecule has 0 spiro atoms. The van der Waals surface area contributed by atoms with Crippen LogP contribution < -0.4 is 4.74 Å². The van der Waals surface area contributed by atoms with Crippen LogP contribution in [0, 0.1) is 11.3 Å². The summed E-state index contributed by atoms with van der Waals surface area (Å²) in [6.07, 6.45) is 0. The summed E-state index contributed by atoms with van der Waals surface area (Å²) in [5.41, 5.74) is 2.48. The molecule has 0 aromatic heterocycles. The summed E-state index contributed by atoms with van der Waals surface area (Å²) in [5, 5.41) is 9.42. The van der Waals surface area contributed by atoms with Gasteiger partial charge >= 0.3 is 5.97 Å². The third-order valence-electron chi connectivity index (χ3n) is 5.51. The number of nitrogens with zero attached hydrogens (tertiary/aromatic N) is 2. The Labute approximate surface area is 209 Å². The topological polar surface area (TPSA) is 79.6 Å². The van der Waals surface area contributed by atoms with Gasteiger partial charge in [-0.3, -0.25) is 4.79 Å². The normalized spacial score (nSPS) is 10.2. The lowest BCUT2D eigenvalue weighted by atomic mass is 10.0. The van der Waals surface area contributed by atoms with Gasteiger partial charge in [-0.15, -0.1) is 0 Å². The number of benzene rings is 4. The van der Waals surface area contributed by atoms with Crippen LogP contribution in [0.3, 0.4) is 0 Å². The molecule has 178 valence electrons. The lowest BCUT2D eigenvalue weighted by Crippen LogP contribution is -2.30. The minimum Gasteiger partial charge on any atom is -0.465 e. The molecule has 0 bridgehead atoms. The summed E-state index contributed by atoms with van der Waals surface area (Å²) in [4.78, 5) is 27.4. The summed E-state index contributed by atoms with van der Waals surface area (Å²) in [7, 11) is 1.26. The number of esters is 1. The molecule has 4 rings (SSSR count). The first-order valence-electron chi connectivity index (χ1n) is 11.3. The molecule has 0 saturated heterocycles. The van der Waals surface area contributed by atoms with Crippen molar-refractivity contribution in [3.05, 3.63) is 131 Å². The van der Waals surface area contributed by atoms with Crippen LogP contribution in [0.5, 0.6) is 11.5 Å². The molecule has 6 heteroatoms. The summed E-state index contributed by atoms with van der Waals surface area (Å²) in [5.74, 6) is 0.524. The Balaban J connectivity index is 1.60. The maximum Gasteiger partial charge on any atom is 0.337 e. The third-order valence-corrected chi connectivity index (χ3v) is 5.51. The molecule has 0 heterocycles. The molecule has 4 aromatic rings. The van der Waals surface area contributed by atoms with E-state index in [1.165, 1.54) is 25.3 Å². The van der Waals surface area contributed by atoms with Crippen LogP contribution in [-0.2, 0) is 17.8 Å². The van der Waals surface area contributed by atoms with Gasteiger partial charge in [-0.2, -0.15) is 5.26 Å². The first kappa shape index (κ1) is 24.2. The molecular formula is C30H24N2O4. The van der Waals surface area contributed by atoms with Crippen molar-refractivity contribution in [3.63, 3.8) is 0 Å². The Morgan fingerprint density at radius 3 is 1.92 bits per heavy atom. The SMILES string of the molecule is COC(=O)c1cc(C#N)cc(C(=O)N(Cc2ccccc2)Cc2ccc(Oc3ccccc3)cc2)c1. The fourth-order valence-electron chi connectivity index (χ4n) is 3.75. The first-order valence-corrected chi connectivity index (χ1v) is 11.3. The molecule has 6 nitrogen and oxygen atoms in total. The van der Waals surface area contributed by atoms with Crippen molar-refractivity contribution >= 4 is 11.9 Å². The Morgan fingerprint density at radius 1 is 0.750 bits per heavy atom. The van der Waals surface area contributed by atoms with E-state index in [0.29, 0.717) is 18.8 Å². The van der Waals surface area contributed by atoms with Crippen molar-refractivity contribution in [1.82, 2.24) is 4.90 Å². The van der Waals surface area contributed by atoms with Crippen LogP contribution in [0.1, 0.15) is 37.4 Å². The number of rotatable bonds is 8. The van der Waals surface area contributed by atoms with E-state index in [1.807, 2.05) is 91.0 Å². The summed E-state index contributed by atoms with van der Waals surface area (Å²) in [6.45, 7) is 0.677. The largest absolute Gasteiger partial charge is 0.465 e. The maximum absolute atomic E-state index is 13.6. The highest BCUT2D eigenvalue weighted by molar-refractivity contribution is 5.98. The summed E-state index contributed by atoms with van der Waals surface area (Å²) < 4.78 is 10.7. The molecule has 0 aliphatic heterocycles. The molecule has 0 radical (unpaired) electrons. The highest BCUT2D eigenvalue weighted by atomic mass is 16.5. The second-order valence-corrected chi connectivity index (χ2v) is 8.11. The lowest BCUT2D eigenvalue weighted by molar-refractivity contribution is 0.0600. The number of carbonyl (C=O) groups is 2. The summed E-state index contributed by atoms with van der Waals surface area (Å²) in [6, 6.07) is 33.1. The van der Waals surface area contributed by atoms with Crippen molar-refractivity contribution in [2.75, 3.05) is 7.11 Å². The number of amides is 1. The zero-order valence-electron chi connectivity index (χ0n) is 19.8. The standard InChI is InChI=1S/C30H24N2O4/c1-35-30(34)26-17-24(19-31)16-25(18-26)29(33)32(20-22-8-4-2-5-9-22)21-23-12-14-28(15-13-23)36-27-10-6-3-7-11-27/h2-18H,20-21H2,1H3. The monoisotopic (exact) mass is 476 g/mol. The predicted molar refractivity (Wildman–Crippen MR) is 135 cm³/mol. The van der Waals surface area contributed by atoms with Crippen LogP contribution in [-0.4, -0.2) is 23.9 Å². The van der Waals surface area contributed by atoms with Crippen LogP contribution >= 0.6 is 0 Å². The van der Waals surface area contributed by atoms with Gasteiger partial charge in [0, 0.05) is 18.7 Å². The predicted octanol–water partition coefficient (Wildman–Crippen LogP) is 5.98. The van der Waals surface area contributed by atoms with Crippen molar-refractivity contribution in [2.45, 2.75) is 13.1 Å². The highest BCUT2D eigenvalue weighted by Gasteiger charge is 2.20. The fraction of sp³-hybridized carbons (Fsp3) is 0.100. The molecule has 36 heavy (non-hydrogen) atoms. The van der Waals surface area contributed by atoms with Gasteiger partial charge in [0.05, 0.1) is 24.3 Å². The number of hydrogen-bond donors (Lipinski definition) is 0. The molecule has 0 unspecified atom stereocenters. The Hall–Kier alpha value is -4.89. The van der Waals surface area contributed by atoms with E-state index >= 15 is 0 Å². The number of methoxy groups -OCH3 is 1. The van der Waals surface area contributed by atoms with Gasteiger partial charge in [0.2, 0.25) is 0 Å². The second-order valence-electron chi connectivity index (χ2n) is 8.11. The van der Waals surface area contributed by atoms with Gasteiger partial charge in [0.15, 0.2) is 0 Å². The van der Waals surface area contributed by atoms with Gasteiger partial charge in [0.1, 0.15) is 11.5 Å². The molecule has 0 fully saturated rings. The average molecular weight is 477 g/mol. The molecule has 0 saturated carbocycles. The maximum atomic E-state index is 13.6. The molecular weight excluding hydrogens is 452 g/mol. The van der Waals surface area contributed by atoms with E-state index in [1.54, 1.807) is 4.90 Å². The van der Waals surface area contributed by atoms with Gasteiger partial charge in [-0.05, 0) is 53.6 Å². The van der Waals surface area contributed by atoms with Gasteiger partial charge in [-0.25, -0.2) is 4.79 Å². The molecule has 0 N–H and O–H groups in total. The first-order chi connectivity index (χ1) is 17.6. The van der Waals surface area contributed by atoms with E-state index in [2.05, 4.69) is 0 Å². The van der Waals surface area contributed by atoms with E-state index in [0.717, 1.165) is 16.9 Å². The van der Waals surface area contributed by atoms with Crippen molar-refractivity contribution in [2.24, 2.45) is 0 Å². The Bertz CT molecular complexity index is 1380. The number of nitriles is 1. The molecule has 0 atom stereocenters. The highest BCUT2D eigenvalue weighted by Crippen LogP contribution is 2.23. The summed E-state index contributed by atoms with van der Waals surface area (Å²) >= 11 is 0. The van der Waals surface area contributed by atoms with E-state index < -0.39 is 5.97 Å². The minimum absolute atomic E-state index is 0.155. The number of hydrogen-bond acceptors (Lipinski definition) is 5. The number of ether oxygens (including phenoxy) is 2. The molecule has 1 amide bonds. The molecule has 0 aliphatic carbocycles. The molecule has 4 aromatic carbocycles. The smallest absolute Gasteiger partial charge is 0.337 e. The third kappa shape index (κ3) is 6.16. The van der Waals surface area contributed by atoms with E-state index in [9.17, 15) is 14.9 Å². The Kier molecular flexibility index (Phi) is 7.74. The minimum atomic E-state index is -0.607. The van der Waals surface area contributed by atoms with Gasteiger partial charge in [0.25, 0.3) is 5.91 Å². The van der Waals surface area contributed by atoms with Crippen LogP contribution in [0.2, 0.25) is 0 Å². The second kappa shape index (κ2) is 11.5. The van der Waals surface area contributed by atoms with Crippen LogP contribution in [0.15, 0.2) is 103 Å². The van der Waals surface area contributed by atoms with Crippen molar-refractivity contribution < 1.29 is 19.1 Å². The van der Waals surface area contributed by atoms with Crippen molar-refractivity contribution in [1.29, 1.82) is 5.26 Å². The number of carbonyl (C=O) groups excluding carboxylic acids is 2. The zero-order valence-corrected chi connectivity index (χ0v) is 19.8. The van der Waals surface area contributed by atoms with E-state index in [-0.39, 0.29) is 22.6 Å². The lowest BCUT2D eigenvalue weighted by Gasteiger charge is -2.24. The van der Waals surface area contributed by atoms with Crippen LogP contribution in [0.25, 0.3) is 0 Å². The van der Waals surface area contributed by atoms with Crippen molar-refractivity contribution in [3.8, 4) is 17.6 Å². The quantitative estimate of drug-likeness (QED) is 0.292. The zero-order chi connectivity index (χ0) is 25.3. The average Bonchev–Trinajstić information content (AvgIpc) is 2.93. The van der Waals surface area contributed by atoms with E-state index in [4.69, 9.17) is 9.47 Å². The van der Waals surface area contributed by atoms with Gasteiger partial charge in [-0.1, -0.05) is 60.7 Å².